The van der Waals surface area contributed by atoms with Crippen LogP contribution in [0.15, 0.2) is 18.2 Å². The zero-order valence-corrected chi connectivity index (χ0v) is 12.9. The lowest BCUT2D eigenvalue weighted by Crippen LogP contribution is -2.38. The van der Waals surface area contributed by atoms with Crippen molar-refractivity contribution in [2.45, 2.75) is 58.5 Å². The van der Waals surface area contributed by atoms with Crippen LogP contribution in [0.25, 0.3) is 0 Å². The molecule has 106 valence electrons. The monoisotopic (exact) mass is 260 g/mol. The van der Waals surface area contributed by atoms with E-state index in [1.165, 1.54) is 49.0 Å². The van der Waals surface area contributed by atoms with E-state index in [-0.39, 0.29) is 5.54 Å². The van der Waals surface area contributed by atoms with Gasteiger partial charge in [0, 0.05) is 31.4 Å². The van der Waals surface area contributed by atoms with Crippen molar-refractivity contribution in [1.82, 2.24) is 5.32 Å². The van der Waals surface area contributed by atoms with Crippen molar-refractivity contribution < 1.29 is 0 Å². The third-order valence-electron chi connectivity index (χ3n) is 4.14. The van der Waals surface area contributed by atoms with E-state index in [1.807, 2.05) is 0 Å². The zero-order chi connectivity index (χ0) is 13.9. The van der Waals surface area contributed by atoms with Gasteiger partial charge < -0.3 is 10.2 Å². The molecule has 1 aromatic rings. The fourth-order valence-corrected chi connectivity index (χ4v) is 3.00. The molecule has 0 unspecified atom stereocenters. The second kappa shape index (κ2) is 5.96. The first-order valence-electron chi connectivity index (χ1n) is 7.60. The van der Waals surface area contributed by atoms with Gasteiger partial charge in [0.05, 0.1) is 0 Å². The van der Waals surface area contributed by atoms with Crippen LogP contribution >= 0.6 is 0 Å². The van der Waals surface area contributed by atoms with Crippen molar-refractivity contribution in [3.05, 3.63) is 29.3 Å². The molecule has 0 spiro atoms. The van der Waals surface area contributed by atoms with Gasteiger partial charge in [0.15, 0.2) is 0 Å². The highest BCUT2D eigenvalue weighted by molar-refractivity contribution is 5.56. The van der Waals surface area contributed by atoms with Gasteiger partial charge in [-0.05, 0) is 50.3 Å². The molecule has 0 saturated heterocycles. The van der Waals surface area contributed by atoms with Crippen LogP contribution in [0.2, 0.25) is 0 Å². The highest BCUT2D eigenvalue weighted by Gasteiger charge is 2.17. The lowest BCUT2D eigenvalue weighted by Gasteiger charge is -2.29. The predicted octanol–water partition coefficient (Wildman–Crippen LogP) is 3.74. The van der Waals surface area contributed by atoms with Gasteiger partial charge in [0.1, 0.15) is 0 Å². The SMILES string of the molecule is CCCC(C)(C)NCc1ccc2c(c1)CCCN2C. The molecule has 0 amide bonds. The Morgan fingerprint density at radius 3 is 2.84 bits per heavy atom. The summed E-state index contributed by atoms with van der Waals surface area (Å²) < 4.78 is 0. The molecule has 1 N–H and O–H groups in total. The van der Waals surface area contributed by atoms with Crippen molar-refractivity contribution in [2.24, 2.45) is 0 Å². The van der Waals surface area contributed by atoms with Crippen LogP contribution in [0.1, 0.15) is 51.2 Å². The van der Waals surface area contributed by atoms with Crippen LogP contribution in [0.3, 0.4) is 0 Å². The van der Waals surface area contributed by atoms with Gasteiger partial charge in [-0.25, -0.2) is 0 Å². The second-order valence-electron chi connectivity index (χ2n) is 6.48. The molecular formula is C17H28N2. The van der Waals surface area contributed by atoms with Gasteiger partial charge in [-0.2, -0.15) is 0 Å². The van der Waals surface area contributed by atoms with Crippen LogP contribution in [-0.4, -0.2) is 19.1 Å². The minimum Gasteiger partial charge on any atom is -0.374 e. The standard InChI is InChI=1S/C17H28N2/c1-5-10-17(2,3)18-13-14-8-9-16-15(12-14)7-6-11-19(16)4/h8-9,12,18H,5-7,10-11,13H2,1-4H3. The molecule has 0 saturated carbocycles. The number of nitrogens with one attached hydrogen (secondary N) is 1. The fourth-order valence-electron chi connectivity index (χ4n) is 3.00. The largest absolute Gasteiger partial charge is 0.374 e. The van der Waals surface area contributed by atoms with Crippen molar-refractivity contribution in [3.8, 4) is 0 Å². The normalized spacial score (nSPS) is 15.5. The van der Waals surface area contributed by atoms with Crippen molar-refractivity contribution in [2.75, 3.05) is 18.5 Å². The molecule has 2 nitrogen and oxygen atoms in total. The number of benzene rings is 1. The smallest absolute Gasteiger partial charge is 0.0396 e. The molecule has 0 bridgehead atoms. The van der Waals surface area contributed by atoms with Crippen LogP contribution < -0.4 is 10.2 Å². The predicted molar refractivity (Wildman–Crippen MR) is 83.9 cm³/mol. The molecule has 19 heavy (non-hydrogen) atoms. The minimum atomic E-state index is 0.238. The van der Waals surface area contributed by atoms with Crippen molar-refractivity contribution >= 4 is 5.69 Å². The summed E-state index contributed by atoms with van der Waals surface area (Å²) in [7, 11) is 2.19. The van der Waals surface area contributed by atoms with Gasteiger partial charge in [0.2, 0.25) is 0 Å². The number of hydrogen-bond acceptors (Lipinski definition) is 2. The first-order chi connectivity index (χ1) is 9.02. The van der Waals surface area contributed by atoms with Gasteiger partial charge in [0.25, 0.3) is 0 Å². The second-order valence-corrected chi connectivity index (χ2v) is 6.48. The molecule has 1 heterocycles. The van der Waals surface area contributed by atoms with Crippen molar-refractivity contribution in [1.29, 1.82) is 0 Å². The number of anilines is 1. The van der Waals surface area contributed by atoms with E-state index in [4.69, 9.17) is 0 Å². The molecule has 1 aromatic carbocycles. The number of nitrogens with zero attached hydrogens (tertiary/aromatic N) is 1. The number of fused-ring (bicyclic) bond motifs is 1. The molecule has 1 aliphatic heterocycles. The average molecular weight is 260 g/mol. The van der Waals surface area contributed by atoms with Gasteiger partial charge in [-0.3, -0.25) is 0 Å². The Hall–Kier alpha value is -1.02. The Bertz CT molecular complexity index is 423. The summed E-state index contributed by atoms with van der Waals surface area (Å²) in [5, 5.41) is 3.68. The molecule has 0 fully saturated rings. The summed E-state index contributed by atoms with van der Waals surface area (Å²) in [5.74, 6) is 0. The maximum Gasteiger partial charge on any atom is 0.0396 e. The number of hydrogen-bond donors (Lipinski definition) is 1. The molecule has 0 radical (unpaired) electrons. The van der Waals surface area contributed by atoms with Gasteiger partial charge >= 0.3 is 0 Å². The van der Waals surface area contributed by atoms with Gasteiger partial charge in [-0.15, -0.1) is 0 Å². The number of rotatable bonds is 5. The topological polar surface area (TPSA) is 15.3 Å². The summed E-state index contributed by atoms with van der Waals surface area (Å²) in [6.45, 7) is 9.00. The van der Waals surface area contributed by atoms with Crippen LogP contribution in [0.4, 0.5) is 5.69 Å². The van der Waals surface area contributed by atoms with E-state index in [1.54, 1.807) is 0 Å². The average Bonchev–Trinajstić information content (AvgIpc) is 2.37. The van der Waals surface area contributed by atoms with Crippen LogP contribution in [0.5, 0.6) is 0 Å². The Labute approximate surface area is 118 Å². The molecule has 0 aromatic heterocycles. The highest BCUT2D eigenvalue weighted by Crippen LogP contribution is 2.27. The molecule has 0 aliphatic carbocycles. The summed E-state index contributed by atoms with van der Waals surface area (Å²) >= 11 is 0. The Balaban J connectivity index is 2.02. The Morgan fingerprint density at radius 2 is 2.11 bits per heavy atom. The van der Waals surface area contributed by atoms with E-state index >= 15 is 0 Å². The van der Waals surface area contributed by atoms with Crippen LogP contribution in [-0.2, 0) is 13.0 Å². The number of aryl methyl sites for hydroxylation is 1. The molecule has 2 heteroatoms. The minimum absolute atomic E-state index is 0.238. The lowest BCUT2D eigenvalue weighted by molar-refractivity contribution is 0.357. The van der Waals surface area contributed by atoms with E-state index in [2.05, 4.69) is 56.2 Å². The molecule has 2 rings (SSSR count). The Morgan fingerprint density at radius 1 is 1.32 bits per heavy atom. The lowest BCUT2D eigenvalue weighted by atomic mass is 9.97. The quantitative estimate of drug-likeness (QED) is 0.867. The molecular weight excluding hydrogens is 232 g/mol. The highest BCUT2D eigenvalue weighted by atomic mass is 15.1. The third-order valence-corrected chi connectivity index (χ3v) is 4.14. The summed E-state index contributed by atoms with van der Waals surface area (Å²) in [6, 6.07) is 6.95. The van der Waals surface area contributed by atoms with E-state index in [0.717, 1.165) is 6.54 Å². The maximum absolute atomic E-state index is 3.68. The van der Waals surface area contributed by atoms with E-state index in [9.17, 15) is 0 Å². The Kier molecular flexibility index (Phi) is 4.51. The summed E-state index contributed by atoms with van der Waals surface area (Å²) in [4.78, 5) is 2.37. The molecule has 0 atom stereocenters. The summed E-state index contributed by atoms with van der Waals surface area (Å²) in [6.07, 6.45) is 4.96. The molecule has 1 aliphatic rings. The van der Waals surface area contributed by atoms with E-state index in [0.29, 0.717) is 0 Å². The first-order valence-corrected chi connectivity index (χ1v) is 7.60. The first kappa shape index (κ1) is 14.4. The van der Waals surface area contributed by atoms with E-state index < -0.39 is 0 Å². The summed E-state index contributed by atoms with van der Waals surface area (Å²) in [5.41, 5.74) is 4.59. The van der Waals surface area contributed by atoms with Gasteiger partial charge in [-0.1, -0.05) is 25.5 Å². The van der Waals surface area contributed by atoms with Crippen LogP contribution in [0, 0.1) is 0 Å². The third kappa shape index (κ3) is 3.73. The zero-order valence-electron chi connectivity index (χ0n) is 12.9. The maximum atomic E-state index is 3.68. The fraction of sp³-hybridized carbons (Fsp3) is 0.647. The van der Waals surface area contributed by atoms with Crippen molar-refractivity contribution in [3.63, 3.8) is 0 Å².